The highest BCUT2D eigenvalue weighted by Crippen LogP contribution is 2.33. The van der Waals surface area contributed by atoms with E-state index in [1.165, 1.54) is 6.26 Å². The molecule has 1 aromatic carbocycles. The molecule has 0 amide bonds. The fraction of sp³-hybridized carbons (Fsp3) is 0.571. The summed E-state index contributed by atoms with van der Waals surface area (Å²) in [6, 6.07) is 5.58. The summed E-state index contributed by atoms with van der Waals surface area (Å²) in [6.07, 6.45) is 3.21. The molecule has 0 radical (unpaired) electrons. The van der Waals surface area contributed by atoms with Crippen LogP contribution in [0.4, 0.5) is 0 Å². The lowest BCUT2D eigenvalue weighted by Gasteiger charge is -2.25. The van der Waals surface area contributed by atoms with Crippen molar-refractivity contribution in [2.45, 2.75) is 18.8 Å². The molecule has 0 aromatic heterocycles. The van der Waals surface area contributed by atoms with Gasteiger partial charge >= 0.3 is 0 Å². The van der Waals surface area contributed by atoms with Crippen molar-refractivity contribution in [1.29, 1.82) is 0 Å². The molecule has 112 valence electrons. The number of sulfone groups is 1. The zero-order chi connectivity index (χ0) is 14.8. The molecule has 20 heavy (non-hydrogen) atoms. The van der Waals surface area contributed by atoms with Gasteiger partial charge < -0.3 is 5.32 Å². The van der Waals surface area contributed by atoms with Crippen molar-refractivity contribution in [2.75, 3.05) is 25.1 Å². The summed E-state index contributed by atoms with van der Waals surface area (Å²) in [6.45, 7) is 1.70. The summed E-state index contributed by atoms with van der Waals surface area (Å²) in [5.41, 5.74) is 1.06. The smallest absolute Gasteiger partial charge is 0.147 e. The van der Waals surface area contributed by atoms with Crippen LogP contribution in [0.3, 0.4) is 0 Å². The molecule has 6 heteroatoms. The minimum atomic E-state index is -2.99. The summed E-state index contributed by atoms with van der Waals surface area (Å²) in [5, 5.41) is 4.42. The largest absolute Gasteiger partial charge is 0.316 e. The first-order valence-electron chi connectivity index (χ1n) is 6.70. The Morgan fingerprint density at radius 1 is 1.30 bits per heavy atom. The first-order valence-corrected chi connectivity index (χ1v) is 9.52. The van der Waals surface area contributed by atoms with E-state index >= 15 is 0 Å². The third kappa shape index (κ3) is 4.35. The Morgan fingerprint density at radius 3 is 2.70 bits per heavy atom. The summed E-state index contributed by atoms with van der Waals surface area (Å²) in [7, 11) is -2.99. The van der Waals surface area contributed by atoms with Crippen molar-refractivity contribution < 1.29 is 8.42 Å². The zero-order valence-electron chi connectivity index (χ0n) is 11.4. The summed E-state index contributed by atoms with van der Waals surface area (Å²) >= 11 is 12.0. The molecule has 2 rings (SSSR count). The predicted octanol–water partition coefficient (Wildman–Crippen LogP) is 3.12. The predicted molar refractivity (Wildman–Crippen MR) is 84.5 cm³/mol. The maximum atomic E-state index is 11.6. The maximum Gasteiger partial charge on any atom is 0.147 e. The average Bonchev–Trinajstić information content (AvgIpc) is 2.56. The van der Waals surface area contributed by atoms with E-state index in [-0.39, 0.29) is 17.6 Å². The van der Waals surface area contributed by atoms with Crippen molar-refractivity contribution >= 4 is 33.0 Å². The molecule has 1 aliphatic rings. The van der Waals surface area contributed by atoms with Crippen LogP contribution in [0.2, 0.25) is 10.0 Å². The maximum absolute atomic E-state index is 11.6. The molecule has 2 atom stereocenters. The second kappa shape index (κ2) is 6.65. The molecule has 1 N–H and O–H groups in total. The van der Waals surface area contributed by atoms with Crippen LogP contribution in [-0.2, 0) is 9.84 Å². The van der Waals surface area contributed by atoms with Crippen molar-refractivity contribution in [3.05, 3.63) is 33.8 Å². The summed E-state index contributed by atoms with van der Waals surface area (Å²) in [5.74, 6) is 0.499. The van der Waals surface area contributed by atoms with Crippen LogP contribution in [0.25, 0.3) is 0 Å². The molecule has 0 bridgehead atoms. The van der Waals surface area contributed by atoms with Gasteiger partial charge in [0, 0.05) is 18.7 Å². The Balaban J connectivity index is 2.29. The van der Waals surface area contributed by atoms with Gasteiger partial charge in [-0.05, 0) is 43.0 Å². The average molecular weight is 336 g/mol. The van der Waals surface area contributed by atoms with Gasteiger partial charge in [-0.3, -0.25) is 0 Å². The lowest BCUT2D eigenvalue weighted by atomic mass is 9.85. The third-order valence-electron chi connectivity index (χ3n) is 3.75. The van der Waals surface area contributed by atoms with E-state index in [1.54, 1.807) is 6.07 Å². The Hall–Kier alpha value is -0.290. The van der Waals surface area contributed by atoms with Crippen LogP contribution in [0.5, 0.6) is 0 Å². The zero-order valence-corrected chi connectivity index (χ0v) is 13.7. The van der Waals surface area contributed by atoms with Crippen molar-refractivity contribution in [2.24, 2.45) is 5.92 Å². The first kappa shape index (κ1) is 16.1. The van der Waals surface area contributed by atoms with Crippen molar-refractivity contribution in [3.63, 3.8) is 0 Å². The molecule has 1 heterocycles. The number of nitrogens with one attached hydrogen (secondary N) is 1. The molecule has 0 saturated carbocycles. The molecular formula is C14H19Cl2NO2S. The van der Waals surface area contributed by atoms with E-state index in [9.17, 15) is 8.42 Å². The van der Waals surface area contributed by atoms with Gasteiger partial charge in [0.25, 0.3) is 0 Å². The van der Waals surface area contributed by atoms with Gasteiger partial charge in [0.2, 0.25) is 0 Å². The van der Waals surface area contributed by atoms with Crippen LogP contribution in [0.1, 0.15) is 24.3 Å². The van der Waals surface area contributed by atoms with E-state index in [4.69, 9.17) is 23.2 Å². The van der Waals surface area contributed by atoms with E-state index in [0.29, 0.717) is 10.0 Å². The molecule has 0 spiro atoms. The number of hydrogen-bond donors (Lipinski definition) is 1. The fourth-order valence-corrected chi connectivity index (χ4v) is 4.32. The molecule has 3 nitrogen and oxygen atoms in total. The Labute approximate surface area is 130 Å². The first-order chi connectivity index (χ1) is 9.37. The van der Waals surface area contributed by atoms with Crippen LogP contribution in [-0.4, -0.2) is 33.5 Å². The van der Waals surface area contributed by atoms with E-state index in [2.05, 4.69) is 5.32 Å². The van der Waals surface area contributed by atoms with Crippen LogP contribution in [0.15, 0.2) is 18.2 Å². The van der Waals surface area contributed by atoms with Gasteiger partial charge in [-0.2, -0.15) is 0 Å². The highest BCUT2D eigenvalue weighted by molar-refractivity contribution is 7.90. The molecule has 1 fully saturated rings. The summed E-state index contributed by atoms with van der Waals surface area (Å²) < 4.78 is 23.3. The number of rotatable bonds is 3. The minimum Gasteiger partial charge on any atom is -0.316 e. The van der Waals surface area contributed by atoms with Crippen LogP contribution >= 0.6 is 23.2 Å². The summed E-state index contributed by atoms with van der Waals surface area (Å²) in [4.78, 5) is 0. The number of benzene rings is 1. The van der Waals surface area contributed by atoms with Crippen molar-refractivity contribution in [1.82, 2.24) is 5.32 Å². The Morgan fingerprint density at radius 2 is 2.05 bits per heavy atom. The van der Waals surface area contributed by atoms with Crippen LogP contribution in [0, 0.1) is 5.92 Å². The Bertz CT molecular complexity index is 575. The van der Waals surface area contributed by atoms with Gasteiger partial charge in [-0.1, -0.05) is 29.3 Å². The van der Waals surface area contributed by atoms with Gasteiger partial charge in [-0.25, -0.2) is 8.42 Å². The lowest BCUT2D eigenvalue weighted by molar-refractivity contribution is 0.446. The monoisotopic (exact) mass is 335 g/mol. The second-order valence-electron chi connectivity index (χ2n) is 5.48. The van der Waals surface area contributed by atoms with Crippen molar-refractivity contribution in [3.8, 4) is 0 Å². The minimum absolute atomic E-state index is 0.122. The SMILES string of the molecule is CS(=O)(=O)C[C@H]1CCCNC[C@@H]1c1ccc(Cl)c(Cl)c1. The molecule has 1 saturated heterocycles. The highest BCUT2D eigenvalue weighted by atomic mass is 35.5. The topological polar surface area (TPSA) is 46.2 Å². The van der Waals surface area contributed by atoms with E-state index in [1.807, 2.05) is 12.1 Å². The normalized spacial score (nSPS) is 24.4. The van der Waals surface area contributed by atoms with Gasteiger partial charge in [0.1, 0.15) is 9.84 Å². The quantitative estimate of drug-likeness (QED) is 0.922. The third-order valence-corrected chi connectivity index (χ3v) is 5.52. The second-order valence-corrected chi connectivity index (χ2v) is 8.48. The fourth-order valence-electron chi connectivity index (χ4n) is 2.84. The van der Waals surface area contributed by atoms with Gasteiger partial charge in [-0.15, -0.1) is 0 Å². The highest BCUT2D eigenvalue weighted by Gasteiger charge is 2.28. The number of halogens is 2. The Kier molecular flexibility index (Phi) is 5.35. The van der Waals surface area contributed by atoms with Gasteiger partial charge in [0.15, 0.2) is 0 Å². The molecule has 1 aromatic rings. The molecule has 0 aliphatic carbocycles. The van der Waals surface area contributed by atoms with E-state index < -0.39 is 9.84 Å². The molecule has 0 unspecified atom stereocenters. The standard InChI is InChI=1S/C14H19Cl2NO2S/c1-20(18,19)9-11-3-2-6-17-8-12(11)10-4-5-13(15)14(16)7-10/h4-5,7,11-12,17H,2-3,6,8-9H2,1H3/t11-,12-/m1/s1. The lowest BCUT2D eigenvalue weighted by Crippen LogP contribution is -2.27. The molecule has 1 aliphatic heterocycles. The van der Waals surface area contributed by atoms with E-state index in [0.717, 1.165) is 31.5 Å². The van der Waals surface area contributed by atoms with Crippen LogP contribution < -0.4 is 5.32 Å². The number of hydrogen-bond acceptors (Lipinski definition) is 3. The molecular weight excluding hydrogens is 317 g/mol. The van der Waals surface area contributed by atoms with Gasteiger partial charge in [0.05, 0.1) is 15.8 Å².